The summed E-state index contributed by atoms with van der Waals surface area (Å²) in [7, 11) is 1.83. The molecule has 96 valence electrons. The Kier molecular flexibility index (Phi) is 3.67. The second kappa shape index (κ2) is 5.23. The normalized spacial score (nSPS) is 12.7. The van der Waals surface area contributed by atoms with Gasteiger partial charge in [0.05, 0.1) is 11.8 Å². The molecule has 1 N–H and O–H groups in total. The second-order valence-electron chi connectivity index (χ2n) is 4.52. The van der Waals surface area contributed by atoms with Crippen molar-refractivity contribution < 1.29 is 9.84 Å². The number of aromatic nitrogens is 2. The average molecular weight is 246 g/mol. The zero-order valence-electron chi connectivity index (χ0n) is 10.9. The first-order chi connectivity index (χ1) is 8.58. The Morgan fingerprint density at radius 2 is 1.94 bits per heavy atom. The lowest BCUT2D eigenvalue weighted by Crippen LogP contribution is -2.10. The molecule has 0 aliphatic heterocycles. The molecular weight excluding hydrogens is 228 g/mol. The highest BCUT2D eigenvalue weighted by Gasteiger charge is 2.17. The molecule has 0 amide bonds. The number of aryl methyl sites for hydroxylation is 1. The van der Waals surface area contributed by atoms with Crippen molar-refractivity contribution in [3.05, 3.63) is 47.8 Å². The molecular formula is C14H18N2O2. The number of aliphatic hydroxyl groups is 1. The van der Waals surface area contributed by atoms with Crippen LogP contribution in [0.5, 0.6) is 5.75 Å². The van der Waals surface area contributed by atoms with Gasteiger partial charge in [-0.05, 0) is 26.0 Å². The first kappa shape index (κ1) is 12.6. The Bertz CT molecular complexity index is 520. The van der Waals surface area contributed by atoms with E-state index in [9.17, 15) is 5.11 Å². The molecule has 0 fully saturated rings. The Labute approximate surface area is 107 Å². The summed E-state index contributed by atoms with van der Waals surface area (Å²) in [4.78, 5) is 0. The topological polar surface area (TPSA) is 47.3 Å². The standard InChI is InChI=1S/C14H18N2O2/c1-10(2)18-13-7-5-4-6-11(13)14(17)12-8-9-16(3)15-12/h4-10,14,17H,1-3H3. The molecule has 4 nitrogen and oxygen atoms in total. The van der Waals surface area contributed by atoms with Gasteiger partial charge in [-0.3, -0.25) is 4.68 Å². The first-order valence-corrected chi connectivity index (χ1v) is 6.01. The Morgan fingerprint density at radius 3 is 2.56 bits per heavy atom. The monoisotopic (exact) mass is 246 g/mol. The number of benzene rings is 1. The van der Waals surface area contributed by atoms with Gasteiger partial charge in [0.2, 0.25) is 0 Å². The zero-order chi connectivity index (χ0) is 13.1. The molecule has 18 heavy (non-hydrogen) atoms. The van der Waals surface area contributed by atoms with Crippen molar-refractivity contribution in [3.8, 4) is 5.75 Å². The van der Waals surface area contributed by atoms with Crippen LogP contribution in [0.2, 0.25) is 0 Å². The van der Waals surface area contributed by atoms with Crippen molar-refractivity contribution in [2.75, 3.05) is 0 Å². The third kappa shape index (κ3) is 2.71. The van der Waals surface area contributed by atoms with E-state index in [0.29, 0.717) is 11.4 Å². The number of nitrogens with zero attached hydrogens (tertiary/aromatic N) is 2. The summed E-state index contributed by atoms with van der Waals surface area (Å²) in [6, 6.07) is 9.30. The second-order valence-corrected chi connectivity index (χ2v) is 4.52. The van der Waals surface area contributed by atoms with Crippen molar-refractivity contribution in [3.63, 3.8) is 0 Å². The molecule has 0 aliphatic rings. The molecule has 2 aromatic rings. The number of aliphatic hydroxyl groups excluding tert-OH is 1. The molecule has 2 rings (SSSR count). The van der Waals surface area contributed by atoms with Crippen LogP contribution >= 0.6 is 0 Å². The Morgan fingerprint density at radius 1 is 1.22 bits per heavy atom. The van der Waals surface area contributed by atoms with E-state index in [1.54, 1.807) is 10.7 Å². The number of para-hydroxylation sites is 1. The lowest BCUT2D eigenvalue weighted by atomic mass is 10.1. The minimum atomic E-state index is -0.763. The van der Waals surface area contributed by atoms with Gasteiger partial charge in [-0.15, -0.1) is 0 Å². The Hall–Kier alpha value is -1.81. The van der Waals surface area contributed by atoms with Gasteiger partial charge in [-0.25, -0.2) is 0 Å². The van der Waals surface area contributed by atoms with Gasteiger partial charge < -0.3 is 9.84 Å². The van der Waals surface area contributed by atoms with Gasteiger partial charge in [0.25, 0.3) is 0 Å². The SMILES string of the molecule is CC(C)Oc1ccccc1C(O)c1ccn(C)n1. The van der Waals surface area contributed by atoms with Crippen LogP contribution in [0.1, 0.15) is 31.2 Å². The molecule has 1 aromatic heterocycles. The number of hydrogen-bond acceptors (Lipinski definition) is 3. The molecule has 0 saturated carbocycles. The van der Waals surface area contributed by atoms with Gasteiger partial charge >= 0.3 is 0 Å². The van der Waals surface area contributed by atoms with E-state index in [1.165, 1.54) is 0 Å². The maximum atomic E-state index is 10.3. The summed E-state index contributed by atoms with van der Waals surface area (Å²) in [6.45, 7) is 3.92. The highest BCUT2D eigenvalue weighted by Crippen LogP contribution is 2.29. The van der Waals surface area contributed by atoms with Crippen molar-refractivity contribution >= 4 is 0 Å². The molecule has 1 heterocycles. The van der Waals surface area contributed by atoms with Crippen molar-refractivity contribution in [2.45, 2.75) is 26.1 Å². The third-order valence-corrected chi connectivity index (χ3v) is 2.59. The van der Waals surface area contributed by atoms with Crippen LogP contribution < -0.4 is 4.74 Å². The zero-order valence-corrected chi connectivity index (χ0v) is 10.9. The number of rotatable bonds is 4. The highest BCUT2D eigenvalue weighted by atomic mass is 16.5. The van der Waals surface area contributed by atoms with Crippen LogP contribution in [0.25, 0.3) is 0 Å². The largest absolute Gasteiger partial charge is 0.491 e. The molecule has 0 spiro atoms. The lowest BCUT2D eigenvalue weighted by Gasteiger charge is -2.16. The van der Waals surface area contributed by atoms with Gasteiger partial charge in [-0.2, -0.15) is 5.10 Å². The minimum absolute atomic E-state index is 0.0714. The van der Waals surface area contributed by atoms with Crippen molar-refractivity contribution in [1.82, 2.24) is 9.78 Å². The predicted molar refractivity (Wildman–Crippen MR) is 69.5 cm³/mol. The Balaban J connectivity index is 2.32. The van der Waals surface area contributed by atoms with Gasteiger partial charge in [-0.1, -0.05) is 18.2 Å². The van der Waals surface area contributed by atoms with E-state index in [4.69, 9.17) is 4.74 Å². The van der Waals surface area contributed by atoms with Crippen LogP contribution in [-0.2, 0) is 7.05 Å². The minimum Gasteiger partial charge on any atom is -0.491 e. The van der Waals surface area contributed by atoms with Gasteiger partial charge in [0.1, 0.15) is 11.9 Å². The molecule has 0 radical (unpaired) electrons. The molecule has 0 bridgehead atoms. The number of ether oxygens (including phenoxy) is 1. The summed E-state index contributed by atoms with van der Waals surface area (Å²) in [5.41, 5.74) is 1.36. The van der Waals surface area contributed by atoms with E-state index in [0.717, 1.165) is 5.56 Å². The highest BCUT2D eigenvalue weighted by molar-refractivity contribution is 5.38. The maximum absolute atomic E-state index is 10.3. The fourth-order valence-electron chi connectivity index (χ4n) is 1.81. The van der Waals surface area contributed by atoms with Crippen LogP contribution in [0.15, 0.2) is 36.5 Å². The number of hydrogen-bond donors (Lipinski definition) is 1. The first-order valence-electron chi connectivity index (χ1n) is 6.01. The quantitative estimate of drug-likeness (QED) is 0.900. The molecule has 1 aromatic carbocycles. The fourth-order valence-corrected chi connectivity index (χ4v) is 1.81. The lowest BCUT2D eigenvalue weighted by molar-refractivity contribution is 0.194. The summed E-state index contributed by atoms with van der Waals surface area (Å²) in [5, 5.41) is 14.6. The average Bonchev–Trinajstić information content (AvgIpc) is 2.75. The fraction of sp³-hybridized carbons (Fsp3) is 0.357. The smallest absolute Gasteiger partial charge is 0.126 e. The summed E-state index contributed by atoms with van der Waals surface area (Å²) in [6.07, 6.45) is 1.12. The van der Waals surface area contributed by atoms with Crippen LogP contribution in [-0.4, -0.2) is 21.0 Å². The molecule has 0 aliphatic carbocycles. The van der Waals surface area contributed by atoms with Gasteiger partial charge in [0, 0.05) is 18.8 Å². The van der Waals surface area contributed by atoms with E-state index in [1.807, 2.05) is 51.4 Å². The summed E-state index contributed by atoms with van der Waals surface area (Å²) >= 11 is 0. The molecule has 1 unspecified atom stereocenters. The molecule has 0 saturated heterocycles. The van der Waals surface area contributed by atoms with Gasteiger partial charge in [0.15, 0.2) is 0 Å². The van der Waals surface area contributed by atoms with E-state index in [2.05, 4.69) is 5.10 Å². The van der Waals surface area contributed by atoms with Crippen LogP contribution in [0.3, 0.4) is 0 Å². The molecule has 4 heteroatoms. The van der Waals surface area contributed by atoms with Crippen LogP contribution in [0.4, 0.5) is 0 Å². The summed E-state index contributed by atoms with van der Waals surface area (Å²) < 4.78 is 7.37. The van der Waals surface area contributed by atoms with E-state index < -0.39 is 6.10 Å². The maximum Gasteiger partial charge on any atom is 0.126 e. The summed E-state index contributed by atoms with van der Waals surface area (Å²) in [5.74, 6) is 0.700. The van der Waals surface area contributed by atoms with E-state index >= 15 is 0 Å². The van der Waals surface area contributed by atoms with E-state index in [-0.39, 0.29) is 6.10 Å². The molecule has 1 atom stereocenters. The van der Waals surface area contributed by atoms with Crippen molar-refractivity contribution in [1.29, 1.82) is 0 Å². The van der Waals surface area contributed by atoms with Crippen molar-refractivity contribution in [2.24, 2.45) is 7.05 Å². The van der Waals surface area contributed by atoms with Crippen LogP contribution in [0, 0.1) is 0 Å². The third-order valence-electron chi connectivity index (χ3n) is 2.59. The predicted octanol–water partition coefficient (Wildman–Crippen LogP) is 2.29.